The van der Waals surface area contributed by atoms with E-state index in [1.807, 2.05) is 16.3 Å². The molecule has 0 N–H and O–H groups in total. The Morgan fingerprint density at radius 2 is 1.93 bits per heavy atom. The van der Waals surface area contributed by atoms with Crippen molar-refractivity contribution in [3.05, 3.63) is 62.8 Å². The molecule has 0 bridgehead atoms. The number of aromatic nitrogens is 3. The molecule has 1 saturated heterocycles. The van der Waals surface area contributed by atoms with Gasteiger partial charge in [-0.3, -0.25) is 4.90 Å². The maximum Gasteiger partial charge on any atom is 0.198 e. The average molecular weight is 414 g/mol. The Kier molecular flexibility index (Phi) is 5.94. The minimum Gasteiger partial charge on any atom is -0.371 e. The van der Waals surface area contributed by atoms with E-state index < -0.39 is 0 Å². The molecule has 0 unspecified atom stereocenters. The summed E-state index contributed by atoms with van der Waals surface area (Å²) in [5.41, 5.74) is 2.74. The summed E-state index contributed by atoms with van der Waals surface area (Å²) < 4.78 is 4.74. The van der Waals surface area contributed by atoms with Crippen molar-refractivity contribution in [2.45, 2.75) is 32.5 Å². The molecule has 148 valence electrons. The molecule has 0 radical (unpaired) electrons. The van der Waals surface area contributed by atoms with Crippen molar-refractivity contribution < 1.29 is 0 Å². The fraction of sp³-hybridized carbons (Fsp3) is 0.429. The van der Waals surface area contributed by atoms with Crippen LogP contribution in [0.4, 0.5) is 5.69 Å². The molecule has 2 aromatic heterocycles. The van der Waals surface area contributed by atoms with E-state index in [2.05, 4.69) is 58.6 Å². The summed E-state index contributed by atoms with van der Waals surface area (Å²) in [7, 11) is 4.15. The monoisotopic (exact) mass is 413 g/mol. The lowest BCUT2D eigenvalue weighted by atomic mass is 10.1. The molecule has 3 aromatic rings. The highest BCUT2D eigenvalue weighted by molar-refractivity contribution is 7.71. The Balaban J connectivity index is 1.47. The van der Waals surface area contributed by atoms with Crippen molar-refractivity contribution in [3.63, 3.8) is 0 Å². The lowest BCUT2D eigenvalue weighted by molar-refractivity contribution is 0.243. The predicted molar refractivity (Wildman–Crippen MR) is 119 cm³/mol. The second-order valence-corrected chi connectivity index (χ2v) is 8.89. The molecule has 0 aliphatic carbocycles. The number of thiophene rings is 1. The van der Waals surface area contributed by atoms with E-state index in [0.717, 1.165) is 36.7 Å². The Morgan fingerprint density at radius 1 is 1.14 bits per heavy atom. The van der Waals surface area contributed by atoms with Crippen molar-refractivity contribution in [2.75, 3.05) is 25.0 Å². The van der Waals surface area contributed by atoms with Crippen molar-refractivity contribution in [3.8, 4) is 0 Å². The van der Waals surface area contributed by atoms with Gasteiger partial charge >= 0.3 is 0 Å². The van der Waals surface area contributed by atoms with Crippen LogP contribution in [-0.4, -0.2) is 39.4 Å². The average Bonchev–Trinajstić information content (AvgIpc) is 3.43. The van der Waals surface area contributed by atoms with Crippen molar-refractivity contribution in [1.82, 2.24) is 19.2 Å². The Morgan fingerprint density at radius 3 is 2.68 bits per heavy atom. The summed E-state index contributed by atoms with van der Waals surface area (Å²) in [5.74, 6) is 1.01. The second kappa shape index (κ2) is 8.59. The number of hydrogen-bond acceptors (Lipinski definition) is 5. The molecule has 4 rings (SSSR count). The van der Waals surface area contributed by atoms with Gasteiger partial charge in [0.05, 0.1) is 6.67 Å². The molecule has 5 nitrogen and oxygen atoms in total. The van der Waals surface area contributed by atoms with Crippen LogP contribution in [0.3, 0.4) is 0 Å². The highest BCUT2D eigenvalue weighted by Gasteiger charge is 2.17. The van der Waals surface area contributed by atoms with Gasteiger partial charge in [0.1, 0.15) is 5.82 Å². The third-order valence-electron chi connectivity index (χ3n) is 5.30. The van der Waals surface area contributed by atoms with Gasteiger partial charge in [-0.05, 0) is 55.2 Å². The van der Waals surface area contributed by atoms with E-state index in [4.69, 9.17) is 17.3 Å². The summed E-state index contributed by atoms with van der Waals surface area (Å²) >= 11 is 7.40. The van der Waals surface area contributed by atoms with Crippen LogP contribution in [0.15, 0.2) is 41.8 Å². The van der Waals surface area contributed by atoms with E-state index in [1.165, 1.54) is 29.0 Å². The smallest absolute Gasteiger partial charge is 0.198 e. The minimum absolute atomic E-state index is 0.686. The second-order valence-electron chi connectivity index (χ2n) is 7.49. The number of para-hydroxylation sites is 1. The molecule has 0 atom stereocenters. The maximum atomic E-state index is 5.64. The number of nitrogens with zero attached hydrogens (tertiary/aromatic N) is 5. The molecule has 0 saturated carbocycles. The number of benzene rings is 1. The number of rotatable bonds is 7. The third-order valence-corrected chi connectivity index (χ3v) is 6.66. The summed E-state index contributed by atoms with van der Waals surface area (Å²) in [5, 5.41) is 6.90. The normalized spacial score (nSPS) is 14.3. The fourth-order valence-corrected chi connectivity index (χ4v) is 4.73. The minimum atomic E-state index is 0.686. The first-order chi connectivity index (χ1) is 13.6. The van der Waals surface area contributed by atoms with E-state index in [-0.39, 0.29) is 0 Å². The zero-order valence-electron chi connectivity index (χ0n) is 16.5. The third kappa shape index (κ3) is 4.21. The van der Waals surface area contributed by atoms with Gasteiger partial charge < -0.3 is 9.47 Å². The standard InChI is InChI=1S/C21H27N5S2/c1-23(15-17-8-3-4-10-19(17)25-11-5-6-12-25)16-26-21(27)24(2)20(22-26)14-18-9-7-13-28-18/h3-4,7-10,13H,5-6,11-12,14-16H2,1-2H3. The molecule has 0 amide bonds. The topological polar surface area (TPSA) is 29.2 Å². The van der Waals surface area contributed by atoms with Gasteiger partial charge in [0.2, 0.25) is 0 Å². The SMILES string of the molecule is CN(Cc1ccccc1N1CCCC1)Cn1nc(Cc2cccs2)n(C)c1=S. The number of hydrogen-bond donors (Lipinski definition) is 0. The van der Waals surface area contributed by atoms with E-state index in [9.17, 15) is 0 Å². The van der Waals surface area contributed by atoms with Gasteiger partial charge in [-0.25, -0.2) is 4.68 Å². The van der Waals surface area contributed by atoms with Gasteiger partial charge in [0.25, 0.3) is 0 Å². The Bertz CT molecular complexity index is 967. The molecule has 7 heteroatoms. The van der Waals surface area contributed by atoms with Gasteiger partial charge in [0, 0.05) is 43.7 Å². The lowest BCUT2D eigenvalue weighted by Gasteiger charge is -2.24. The van der Waals surface area contributed by atoms with Crippen LogP contribution in [0.2, 0.25) is 0 Å². The zero-order valence-corrected chi connectivity index (χ0v) is 18.2. The van der Waals surface area contributed by atoms with Crippen LogP contribution >= 0.6 is 23.6 Å². The van der Waals surface area contributed by atoms with E-state index in [0.29, 0.717) is 6.67 Å². The quantitative estimate of drug-likeness (QED) is 0.540. The first kappa shape index (κ1) is 19.4. The lowest BCUT2D eigenvalue weighted by Crippen LogP contribution is -2.25. The molecule has 1 aromatic carbocycles. The van der Waals surface area contributed by atoms with E-state index in [1.54, 1.807) is 11.3 Å². The summed E-state index contributed by atoms with van der Waals surface area (Å²) in [6.45, 7) is 3.90. The first-order valence-corrected chi connectivity index (χ1v) is 11.1. The van der Waals surface area contributed by atoms with E-state index >= 15 is 0 Å². The largest absolute Gasteiger partial charge is 0.371 e. The summed E-state index contributed by atoms with van der Waals surface area (Å²) in [4.78, 5) is 6.10. The molecule has 0 spiro atoms. The van der Waals surface area contributed by atoms with Crippen LogP contribution < -0.4 is 4.90 Å². The van der Waals surface area contributed by atoms with Crippen LogP contribution in [0, 0.1) is 4.77 Å². The van der Waals surface area contributed by atoms with Crippen molar-refractivity contribution in [1.29, 1.82) is 0 Å². The maximum absolute atomic E-state index is 5.64. The molecular formula is C21H27N5S2. The summed E-state index contributed by atoms with van der Waals surface area (Å²) in [6.07, 6.45) is 3.41. The molecule has 1 aliphatic rings. The molecule has 1 fully saturated rings. The molecule has 1 aliphatic heterocycles. The summed E-state index contributed by atoms with van der Waals surface area (Å²) in [6, 6.07) is 13.0. The van der Waals surface area contributed by atoms with Crippen LogP contribution in [-0.2, 0) is 26.7 Å². The molecule has 3 heterocycles. The van der Waals surface area contributed by atoms with Gasteiger partial charge in [0.15, 0.2) is 4.77 Å². The van der Waals surface area contributed by atoms with Crippen molar-refractivity contribution >= 4 is 29.2 Å². The highest BCUT2D eigenvalue weighted by atomic mass is 32.1. The molecular weight excluding hydrogens is 386 g/mol. The Labute approximate surface area is 175 Å². The highest BCUT2D eigenvalue weighted by Crippen LogP contribution is 2.25. The molecule has 28 heavy (non-hydrogen) atoms. The van der Waals surface area contributed by atoms with Crippen LogP contribution in [0.5, 0.6) is 0 Å². The predicted octanol–water partition coefficient (Wildman–Crippen LogP) is 4.29. The first-order valence-electron chi connectivity index (χ1n) is 9.78. The zero-order chi connectivity index (χ0) is 19.5. The fourth-order valence-electron chi connectivity index (χ4n) is 3.83. The van der Waals surface area contributed by atoms with Gasteiger partial charge in [-0.2, -0.15) is 5.10 Å². The van der Waals surface area contributed by atoms with Crippen LogP contribution in [0.25, 0.3) is 0 Å². The van der Waals surface area contributed by atoms with Crippen molar-refractivity contribution in [2.24, 2.45) is 7.05 Å². The Hall–Kier alpha value is -1.96. The van der Waals surface area contributed by atoms with Gasteiger partial charge in [-0.15, -0.1) is 11.3 Å². The van der Waals surface area contributed by atoms with Crippen LogP contribution in [0.1, 0.15) is 29.1 Å². The number of anilines is 1. The van der Waals surface area contributed by atoms with Gasteiger partial charge in [-0.1, -0.05) is 24.3 Å².